The zero-order valence-electron chi connectivity index (χ0n) is 10.6. The summed E-state index contributed by atoms with van der Waals surface area (Å²) in [7, 11) is 0. The molecule has 0 aromatic carbocycles. The van der Waals surface area contributed by atoms with E-state index >= 15 is 0 Å². The number of aromatic nitrogens is 1. The smallest absolute Gasteiger partial charge is 0.0898 e. The lowest BCUT2D eigenvalue weighted by atomic mass is 10.2. The Bertz CT molecular complexity index is 334. The van der Waals surface area contributed by atoms with Gasteiger partial charge in [-0.3, -0.25) is 0 Å². The fourth-order valence-corrected chi connectivity index (χ4v) is 3.63. The van der Waals surface area contributed by atoms with Crippen LogP contribution in [-0.4, -0.2) is 47.6 Å². The molecule has 2 rings (SSSR count). The van der Waals surface area contributed by atoms with Crippen LogP contribution in [0.15, 0.2) is 5.38 Å². The van der Waals surface area contributed by atoms with E-state index in [-0.39, 0.29) is 0 Å². The number of hydrogen-bond acceptors (Lipinski definition) is 5. The van der Waals surface area contributed by atoms with Gasteiger partial charge in [0.05, 0.1) is 10.7 Å². The Hall–Kier alpha value is -0.100. The summed E-state index contributed by atoms with van der Waals surface area (Å²) in [6.45, 7) is 8.97. The van der Waals surface area contributed by atoms with Gasteiger partial charge in [0.2, 0.25) is 0 Å². The molecular weight excluding hydrogens is 250 g/mol. The second kappa shape index (κ2) is 6.73. The normalized spacial score (nSPS) is 19.4. The molecule has 0 amide bonds. The maximum Gasteiger partial charge on any atom is 0.0898 e. The Morgan fingerprint density at radius 1 is 1.47 bits per heavy atom. The second-order valence-electron chi connectivity index (χ2n) is 4.42. The molecule has 1 atom stereocenters. The summed E-state index contributed by atoms with van der Waals surface area (Å²) in [4.78, 5) is 7.06. The van der Waals surface area contributed by atoms with Crippen LogP contribution in [-0.2, 0) is 0 Å². The van der Waals surface area contributed by atoms with Crippen molar-refractivity contribution >= 4 is 23.1 Å². The third-order valence-corrected chi connectivity index (χ3v) is 4.80. The highest BCUT2D eigenvalue weighted by molar-refractivity contribution is 7.99. The standard InChI is InChI=1S/C12H21N3S2/c1-10(12-9-17-11(2)14-12)13-3-4-15-5-7-16-8-6-15/h9-10,13H,3-8H2,1-2H3. The van der Waals surface area contributed by atoms with Gasteiger partial charge in [-0.25, -0.2) is 4.98 Å². The number of rotatable bonds is 5. The first-order chi connectivity index (χ1) is 8.25. The van der Waals surface area contributed by atoms with E-state index in [4.69, 9.17) is 0 Å². The van der Waals surface area contributed by atoms with Crippen molar-refractivity contribution in [3.8, 4) is 0 Å². The first-order valence-electron chi connectivity index (χ1n) is 6.21. The van der Waals surface area contributed by atoms with Crippen LogP contribution in [0.5, 0.6) is 0 Å². The van der Waals surface area contributed by atoms with Crippen molar-refractivity contribution in [2.45, 2.75) is 19.9 Å². The number of nitrogens with one attached hydrogen (secondary N) is 1. The topological polar surface area (TPSA) is 28.2 Å². The molecule has 1 aliphatic rings. The fraction of sp³-hybridized carbons (Fsp3) is 0.750. The van der Waals surface area contributed by atoms with Crippen molar-refractivity contribution in [3.05, 3.63) is 16.1 Å². The molecule has 0 radical (unpaired) electrons. The van der Waals surface area contributed by atoms with Crippen molar-refractivity contribution < 1.29 is 0 Å². The molecule has 1 aromatic rings. The minimum absolute atomic E-state index is 0.374. The molecule has 1 N–H and O–H groups in total. The summed E-state index contributed by atoms with van der Waals surface area (Å²) >= 11 is 3.80. The first kappa shape index (κ1) is 13.3. The van der Waals surface area contributed by atoms with Gasteiger partial charge in [-0.05, 0) is 13.8 Å². The van der Waals surface area contributed by atoms with Crippen LogP contribution in [0.2, 0.25) is 0 Å². The largest absolute Gasteiger partial charge is 0.308 e. The molecule has 2 heterocycles. The fourth-order valence-electron chi connectivity index (χ4n) is 1.95. The van der Waals surface area contributed by atoms with Gasteiger partial charge in [0.25, 0.3) is 0 Å². The summed E-state index contributed by atoms with van der Waals surface area (Å²) in [5.74, 6) is 2.58. The Kier molecular flexibility index (Phi) is 5.28. The lowest BCUT2D eigenvalue weighted by molar-refractivity contribution is 0.296. The van der Waals surface area contributed by atoms with E-state index < -0.39 is 0 Å². The summed E-state index contributed by atoms with van der Waals surface area (Å²) in [6.07, 6.45) is 0. The average molecular weight is 271 g/mol. The zero-order valence-corrected chi connectivity index (χ0v) is 12.2. The monoisotopic (exact) mass is 271 g/mol. The summed E-state index contributed by atoms with van der Waals surface area (Å²) in [5, 5.41) is 6.87. The van der Waals surface area contributed by atoms with E-state index in [2.05, 4.69) is 46.2 Å². The van der Waals surface area contributed by atoms with Gasteiger partial charge in [-0.1, -0.05) is 0 Å². The highest BCUT2D eigenvalue weighted by Crippen LogP contribution is 2.15. The molecular formula is C12H21N3S2. The van der Waals surface area contributed by atoms with E-state index in [1.165, 1.54) is 30.3 Å². The van der Waals surface area contributed by atoms with Crippen molar-refractivity contribution in [2.75, 3.05) is 37.7 Å². The van der Waals surface area contributed by atoms with E-state index in [9.17, 15) is 0 Å². The van der Waals surface area contributed by atoms with Gasteiger partial charge in [0.15, 0.2) is 0 Å². The Balaban J connectivity index is 1.67. The Labute approximate surface area is 112 Å². The lowest BCUT2D eigenvalue weighted by Crippen LogP contribution is -2.38. The van der Waals surface area contributed by atoms with Crippen LogP contribution in [0.4, 0.5) is 0 Å². The van der Waals surface area contributed by atoms with Crippen molar-refractivity contribution in [1.82, 2.24) is 15.2 Å². The third-order valence-electron chi connectivity index (χ3n) is 3.06. The van der Waals surface area contributed by atoms with Crippen LogP contribution >= 0.6 is 23.1 Å². The van der Waals surface area contributed by atoms with Crippen LogP contribution in [0.3, 0.4) is 0 Å². The van der Waals surface area contributed by atoms with E-state index in [1.54, 1.807) is 11.3 Å². The molecule has 17 heavy (non-hydrogen) atoms. The van der Waals surface area contributed by atoms with Gasteiger partial charge in [-0.15, -0.1) is 11.3 Å². The Morgan fingerprint density at radius 2 is 2.24 bits per heavy atom. The summed E-state index contributed by atoms with van der Waals surface area (Å²) in [6, 6.07) is 0.374. The Morgan fingerprint density at radius 3 is 2.88 bits per heavy atom. The van der Waals surface area contributed by atoms with Crippen LogP contribution < -0.4 is 5.32 Å². The molecule has 1 aliphatic heterocycles. The van der Waals surface area contributed by atoms with Gasteiger partial charge in [0, 0.05) is 49.1 Å². The molecule has 3 nitrogen and oxygen atoms in total. The van der Waals surface area contributed by atoms with Crippen molar-refractivity contribution in [1.29, 1.82) is 0 Å². The number of aryl methyl sites for hydroxylation is 1. The average Bonchev–Trinajstić information content (AvgIpc) is 2.77. The SMILES string of the molecule is Cc1nc(C(C)NCCN2CCSCC2)cs1. The number of hydrogen-bond donors (Lipinski definition) is 1. The predicted molar refractivity (Wildman–Crippen MR) is 77.0 cm³/mol. The van der Waals surface area contributed by atoms with Crippen LogP contribution in [0.1, 0.15) is 23.7 Å². The van der Waals surface area contributed by atoms with Crippen molar-refractivity contribution in [3.63, 3.8) is 0 Å². The lowest BCUT2D eigenvalue weighted by Gasteiger charge is -2.26. The third kappa shape index (κ3) is 4.25. The first-order valence-corrected chi connectivity index (χ1v) is 8.24. The predicted octanol–water partition coefficient (Wildman–Crippen LogP) is 2.15. The maximum absolute atomic E-state index is 4.52. The molecule has 0 spiro atoms. The number of thioether (sulfide) groups is 1. The van der Waals surface area contributed by atoms with Gasteiger partial charge < -0.3 is 10.2 Å². The van der Waals surface area contributed by atoms with E-state index in [0.29, 0.717) is 6.04 Å². The number of nitrogens with zero attached hydrogens (tertiary/aromatic N) is 2. The van der Waals surface area contributed by atoms with Gasteiger partial charge in [-0.2, -0.15) is 11.8 Å². The van der Waals surface area contributed by atoms with Crippen molar-refractivity contribution in [2.24, 2.45) is 0 Å². The molecule has 0 aliphatic carbocycles. The molecule has 0 bridgehead atoms. The zero-order chi connectivity index (χ0) is 12.1. The highest BCUT2D eigenvalue weighted by atomic mass is 32.2. The summed E-state index contributed by atoms with van der Waals surface area (Å²) < 4.78 is 0. The molecule has 1 saturated heterocycles. The summed E-state index contributed by atoms with van der Waals surface area (Å²) in [5.41, 5.74) is 1.18. The van der Waals surface area contributed by atoms with Crippen LogP contribution in [0.25, 0.3) is 0 Å². The number of thiazole rings is 1. The molecule has 1 fully saturated rings. The minimum atomic E-state index is 0.374. The maximum atomic E-state index is 4.52. The highest BCUT2D eigenvalue weighted by Gasteiger charge is 2.11. The molecule has 0 saturated carbocycles. The van der Waals surface area contributed by atoms with Crippen LogP contribution in [0, 0.1) is 6.92 Å². The quantitative estimate of drug-likeness (QED) is 0.888. The van der Waals surface area contributed by atoms with Gasteiger partial charge >= 0.3 is 0 Å². The van der Waals surface area contributed by atoms with Gasteiger partial charge in [0.1, 0.15) is 0 Å². The molecule has 1 aromatic heterocycles. The second-order valence-corrected chi connectivity index (χ2v) is 6.71. The van der Waals surface area contributed by atoms with E-state index in [1.807, 2.05) is 0 Å². The molecule has 5 heteroatoms. The van der Waals surface area contributed by atoms with E-state index in [0.717, 1.165) is 18.1 Å². The minimum Gasteiger partial charge on any atom is -0.308 e. The molecule has 96 valence electrons. The molecule has 1 unspecified atom stereocenters.